The highest BCUT2D eigenvalue weighted by Gasteiger charge is 2.30. The zero-order valence-corrected chi connectivity index (χ0v) is 14.5. The molecule has 1 aliphatic rings. The van der Waals surface area contributed by atoms with E-state index in [4.69, 9.17) is 0 Å². The zero-order valence-electron chi connectivity index (χ0n) is 14.5. The van der Waals surface area contributed by atoms with E-state index in [1.807, 2.05) is 27.7 Å². The molecule has 7 heteroatoms. The molecule has 0 aromatic carbocycles. The van der Waals surface area contributed by atoms with Gasteiger partial charge in [0.1, 0.15) is 0 Å². The fraction of sp³-hybridized carbons (Fsp3) is 0.529. The maximum absolute atomic E-state index is 12.6. The third-order valence-corrected chi connectivity index (χ3v) is 4.16. The van der Waals surface area contributed by atoms with Crippen molar-refractivity contribution in [3.8, 4) is 0 Å². The summed E-state index contributed by atoms with van der Waals surface area (Å²) in [5.74, 6) is -0.257. The summed E-state index contributed by atoms with van der Waals surface area (Å²) in [6, 6.07) is 1.92. The fourth-order valence-electron chi connectivity index (χ4n) is 2.53. The van der Waals surface area contributed by atoms with Crippen LogP contribution in [0.5, 0.6) is 0 Å². The maximum Gasteiger partial charge on any atom is 0.270 e. The van der Waals surface area contributed by atoms with Crippen molar-refractivity contribution in [2.24, 2.45) is 5.92 Å². The predicted octanol–water partition coefficient (Wildman–Crippen LogP) is 2.31. The quantitative estimate of drug-likeness (QED) is 0.842. The number of aromatic nitrogens is 3. The molecule has 0 bridgehead atoms. The second-order valence-corrected chi connectivity index (χ2v) is 6.89. The van der Waals surface area contributed by atoms with Gasteiger partial charge in [0.25, 0.3) is 5.91 Å². The lowest BCUT2D eigenvalue weighted by atomic mass is 10.1. The van der Waals surface area contributed by atoms with Crippen molar-refractivity contribution < 1.29 is 9.59 Å². The first kappa shape index (κ1) is 16.4. The lowest BCUT2D eigenvalue weighted by Gasteiger charge is -2.12. The third-order valence-electron chi connectivity index (χ3n) is 4.16. The minimum Gasteiger partial charge on any atom is -0.273 e. The summed E-state index contributed by atoms with van der Waals surface area (Å²) < 4.78 is 1.81. The third kappa shape index (κ3) is 3.11. The van der Waals surface area contributed by atoms with Gasteiger partial charge in [-0.1, -0.05) is 13.8 Å². The summed E-state index contributed by atoms with van der Waals surface area (Å²) >= 11 is 0. The molecule has 0 aliphatic heterocycles. The molecule has 2 aromatic rings. The Kier molecular flexibility index (Phi) is 4.26. The molecule has 0 unspecified atom stereocenters. The van der Waals surface area contributed by atoms with Gasteiger partial charge in [0.05, 0.1) is 17.1 Å². The number of hydrazine groups is 1. The van der Waals surface area contributed by atoms with Gasteiger partial charge in [-0.2, -0.15) is 5.10 Å². The van der Waals surface area contributed by atoms with Gasteiger partial charge in [-0.3, -0.25) is 20.4 Å². The Bertz CT molecular complexity index is 790. The summed E-state index contributed by atoms with van der Waals surface area (Å²) in [6.07, 6.45) is 3.43. The van der Waals surface area contributed by atoms with Gasteiger partial charge >= 0.3 is 0 Å². The average molecular weight is 329 g/mol. The molecule has 0 atom stereocenters. The van der Waals surface area contributed by atoms with Crippen LogP contribution in [0, 0.1) is 5.92 Å². The molecular weight excluding hydrogens is 306 g/mol. The number of hydrogen-bond donors (Lipinski definition) is 2. The molecule has 0 radical (unpaired) electrons. The van der Waals surface area contributed by atoms with Crippen molar-refractivity contribution in [3.63, 3.8) is 0 Å². The second-order valence-electron chi connectivity index (χ2n) is 6.89. The van der Waals surface area contributed by atoms with Crippen LogP contribution in [-0.4, -0.2) is 26.6 Å². The van der Waals surface area contributed by atoms with Gasteiger partial charge in [0.15, 0.2) is 5.65 Å². The number of carbonyl (C=O) groups excluding carboxylic acids is 2. The molecule has 0 saturated heterocycles. The Hall–Kier alpha value is -2.44. The van der Waals surface area contributed by atoms with Gasteiger partial charge in [-0.05, 0) is 38.7 Å². The number of amides is 2. The van der Waals surface area contributed by atoms with E-state index in [2.05, 4.69) is 20.9 Å². The van der Waals surface area contributed by atoms with Crippen LogP contribution in [0.15, 0.2) is 12.3 Å². The topological polar surface area (TPSA) is 88.9 Å². The van der Waals surface area contributed by atoms with E-state index in [0.717, 1.165) is 18.5 Å². The molecule has 0 spiro atoms. The lowest BCUT2D eigenvalue weighted by molar-refractivity contribution is -0.123. The van der Waals surface area contributed by atoms with E-state index in [0.29, 0.717) is 16.6 Å². The lowest BCUT2D eigenvalue weighted by Crippen LogP contribution is -2.42. The first-order valence-electron chi connectivity index (χ1n) is 8.36. The van der Waals surface area contributed by atoms with E-state index < -0.39 is 0 Å². The van der Waals surface area contributed by atoms with Crippen molar-refractivity contribution in [3.05, 3.63) is 23.5 Å². The van der Waals surface area contributed by atoms with Crippen LogP contribution < -0.4 is 10.9 Å². The van der Waals surface area contributed by atoms with Crippen molar-refractivity contribution in [2.75, 3.05) is 0 Å². The van der Waals surface area contributed by atoms with Crippen molar-refractivity contribution in [2.45, 2.75) is 52.5 Å². The molecule has 1 aliphatic carbocycles. The van der Waals surface area contributed by atoms with E-state index in [9.17, 15) is 9.59 Å². The normalized spacial score (nSPS) is 14.4. The summed E-state index contributed by atoms with van der Waals surface area (Å²) in [5, 5.41) is 5.04. The number of nitrogens with zero attached hydrogens (tertiary/aromatic N) is 3. The minimum absolute atomic E-state index is 0.0395. The monoisotopic (exact) mass is 329 g/mol. The van der Waals surface area contributed by atoms with E-state index >= 15 is 0 Å². The van der Waals surface area contributed by atoms with E-state index in [1.54, 1.807) is 16.9 Å². The van der Waals surface area contributed by atoms with Crippen LogP contribution in [0.4, 0.5) is 0 Å². The van der Waals surface area contributed by atoms with Crippen LogP contribution in [-0.2, 0) is 4.79 Å². The Labute approximate surface area is 140 Å². The van der Waals surface area contributed by atoms with Crippen LogP contribution >= 0.6 is 0 Å². The van der Waals surface area contributed by atoms with E-state index in [-0.39, 0.29) is 29.7 Å². The van der Waals surface area contributed by atoms with Gasteiger partial charge in [0, 0.05) is 17.7 Å². The van der Waals surface area contributed by atoms with Crippen LogP contribution in [0.25, 0.3) is 11.0 Å². The SMILES string of the molecule is CC(C)c1cc(C(=O)NNC(=O)C2CC2)c2cnn(C(C)C)c2n1. The zero-order chi connectivity index (χ0) is 17.4. The molecule has 2 N–H and O–H groups in total. The molecule has 1 saturated carbocycles. The minimum atomic E-state index is -0.346. The molecule has 3 rings (SSSR count). The average Bonchev–Trinajstić information content (AvgIpc) is 3.29. The Morgan fingerprint density at radius 3 is 2.50 bits per heavy atom. The maximum atomic E-state index is 12.6. The Morgan fingerprint density at radius 2 is 1.92 bits per heavy atom. The Morgan fingerprint density at radius 1 is 1.21 bits per heavy atom. The highest BCUT2D eigenvalue weighted by molar-refractivity contribution is 6.06. The summed E-state index contributed by atoms with van der Waals surface area (Å²) in [6.45, 7) is 8.10. The highest BCUT2D eigenvalue weighted by Crippen LogP contribution is 2.28. The standard InChI is InChI=1S/C17H23N5O2/c1-9(2)14-7-12(17(24)21-20-16(23)11-5-6-11)13-8-18-22(10(3)4)15(13)19-14/h7-11H,5-6H2,1-4H3,(H,20,23)(H,21,24). The molecule has 1 fully saturated rings. The highest BCUT2D eigenvalue weighted by atomic mass is 16.2. The first-order chi connectivity index (χ1) is 11.4. The second kappa shape index (κ2) is 6.22. The molecule has 2 aromatic heterocycles. The smallest absolute Gasteiger partial charge is 0.270 e. The molecule has 128 valence electrons. The molecule has 2 amide bonds. The largest absolute Gasteiger partial charge is 0.273 e. The van der Waals surface area contributed by atoms with Crippen molar-refractivity contribution in [1.29, 1.82) is 0 Å². The number of fused-ring (bicyclic) bond motifs is 1. The number of hydrogen-bond acceptors (Lipinski definition) is 4. The number of carbonyl (C=O) groups is 2. The van der Waals surface area contributed by atoms with E-state index in [1.165, 1.54) is 0 Å². The van der Waals surface area contributed by atoms with Gasteiger partial charge < -0.3 is 0 Å². The molecule has 7 nitrogen and oxygen atoms in total. The van der Waals surface area contributed by atoms with Crippen LogP contribution in [0.3, 0.4) is 0 Å². The molecular formula is C17H23N5O2. The van der Waals surface area contributed by atoms with Crippen molar-refractivity contribution in [1.82, 2.24) is 25.6 Å². The van der Waals surface area contributed by atoms with Crippen molar-refractivity contribution >= 4 is 22.8 Å². The van der Waals surface area contributed by atoms with Gasteiger partial charge in [-0.25, -0.2) is 9.67 Å². The summed E-state index contributed by atoms with van der Waals surface area (Å²) in [5.41, 5.74) is 7.00. The predicted molar refractivity (Wildman–Crippen MR) is 90.3 cm³/mol. The van der Waals surface area contributed by atoms with Gasteiger partial charge in [-0.15, -0.1) is 0 Å². The fourth-order valence-corrected chi connectivity index (χ4v) is 2.53. The van der Waals surface area contributed by atoms with Crippen LogP contribution in [0.2, 0.25) is 0 Å². The summed E-state index contributed by atoms with van der Waals surface area (Å²) in [7, 11) is 0. The van der Waals surface area contributed by atoms with Gasteiger partial charge in [0.2, 0.25) is 5.91 Å². The van der Waals surface area contributed by atoms with Crippen LogP contribution in [0.1, 0.15) is 68.5 Å². The summed E-state index contributed by atoms with van der Waals surface area (Å²) in [4.78, 5) is 29.0. The number of nitrogens with one attached hydrogen (secondary N) is 2. The first-order valence-corrected chi connectivity index (χ1v) is 8.36. The number of pyridine rings is 1. The number of rotatable bonds is 4. The molecule has 24 heavy (non-hydrogen) atoms. The Balaban J connectivity index is 1.95. The molecule has 2 heterocycles.